The second kappa shape index (κ2) is 5.12. The Morgan fingerprint density at radius 2 is 1.87 bits per heavy atom. The number of benzene rings is 1. The molecule has 84 valence electrons. The Morgan fingerprint density at radius 3 is 2.27 bits per heavy atom. The summed E-state index contributed by atoms with van der Waals surface area (Å²) in [6, 6.07) is 3.71. The fourth-order valence-corrected chi connectivity index (χ4v) is 1.80. The first-order valence-electron chi connectivity index (χ1n) is 5.06. The number of rotatable bonds is 4. The van der Waals surface area contributed by atoms with Crippen LogP contribution in [0, 0.1) is 13.8 Å². The average molecular weight is 211 g/mol. The lowest BCUT2D eigenvalue weighted by molar-refractivity contribution is 0.407. The summed E-state index contributed by atoms with van der Waals surface area (Å²) in [7, 11) is 1.65. The standard InChI is InChI=1S/C12H18FNO/c1-8-6-10(11(14)4-5-13)7-9(2)12(8)15-3/h6-7,11H,4-5,14H2,1-3H3/t11-/m1/s1. The Morgan fingerprint density at radius 1 is 1.33 bits per heavy atom. The quantitative estimate of drug-likeness (QED) is 0.831. The monoisotopic (exact) mass is 211 g/mol. The van der Waals surface area contributed by atoms with Gasteiger partial charge < -0.3 is 10.5 Å². The van der Waals surface area contributed by atoms with Crippen molar-refractivity contribution in [3.05, 3.63) is 28.8 Å². The molecule has 0 saturated heterocycles. The van der Waals surface area contributed by atoms with Gasteiger partial charge in [-0.3, -0.25) is 4.39 Å². The molecule has 2 nitrogen and oxygen atoms in total. The molecule has 1 rings (SSSR count). The Kier molecular flexibility index (Phi) is 4.09. The van der Waals surface area contributed by atoms with Crippen LogP contribution in [0.3, 0.4) is 0 Å². The molecule has 0 aliphatic heterocycles. The summed E-state index contributed by atoms with van der Waals surface area (Å²) in [5.74, 6) is 0.881. The predicted octanol–water partition coefficient (Wildman–Crippen LogP) is 2.67. The highest BCUT2D eigenvalue weighted by Crippen LogP contribution is 2.27. The molecule has 0 fully saturated rings. The molecule has 0 aromatic heterocycles. The molecule has 15 heavy (non-hydrogen) atoms. The van der Waals surface area contributed by atoms with Gasteiger partial charge in [0.05, 0.1) is 13.8 Å². The first kappa shape index (κ1) is 12.0. The van der Waals surface area contributed by atoms with Gasteiger partial charge in [0.1, 0.15) is 5.75 Å². The summed E-state index contributed by atoms with van der Waals surface area (Å²) in [6.45, 7) is 3.56. The lowest BCUT2D eigenvalue weighted by Crippen LogP contribution is -2.11. The molecular formula is C12H18FNO. The van der Waals surface area contributed by atoms with Gasteiger partial charge in [-0.15, -0.1) is 0 Å². The zero-order chi connectivity index (χ0) is 11.4. The highest BCUT2D eigenvalue weighted by atomic mass is 19.1. The van der Waals surface area contributed by atoms with E-state index in [1.807, 2.05) is 26.0 Å². The molecule has 0 aliphatic carbocycles. The summed E-state index contributed by atoms with van der Waals surface area (Å²) >= 11 is 0. The summed E-state index contributed by atoms with van der Waals surface area (Å²) < 4.78 is 17.4. The Labute approximate surface area is 90.2 Å². The summed E-state index contributed by atoms with van der Waals surface area (Å²) in [5.41, 5.74) is 8.92. The summed E-state index contributed by atoms with van der Waals surface area (Å²) in [6.07, 6.45) is 0.366. The van der Waals surface area contributed by atoms with E-state index in [-0.39, 0.29) is 12.7 Å². The molecule has 0 amide bonds. The molecule has 0 heterocycles. The van der Waals surface area contributed by atoms with Crippen LogP contribution in [0.4, 0.5) is 4.39 Å². The third kappa shape index (κ3) is 2.69. The molecule has 1 aromatic rings. The van der Waals surface area contributed by atoms with Gasteiger partial charge in [-0.05, 0) is 37.0 Å². The Hall–Kier alpha value is -1.09. The van der Waals surface area contributed by atoms with Crippen LogP contribution >= 0.6 is 0 Å². The number of methoxy groups -OCH3 is 1. The van der Waals surface area contributed by atoms with E-state index >= 15 is 0 Å². The van der Waals surface area contributed by atoms with E-state index in [2.05, 4.69) is 0 Å². The Balaban J connectivity index is 3.02. The third-order valence-corrected chi connectivity index (χ3v) is 2.54. The molecule has 2 N–H and O–H groups in total. The molecule has 1 atom stereocenters. The van der Waals surface area contributed by atoms with Crippen molar-refractivity contribution in [2.24, 2.45) is 5.73 Å². The highest BCUT2D eigenvalue weighted by Gasteiger charge is 2.10. The number of hydrogen-bond acceptors (Lipinski definition) is 2. The molecule has 0 aliphatic rings. The maximum atomic E-state index is 12.2. The smallest absolute Gasteiger partial charge is 0.124 e. The van der Waals surface area contributed by atoms with Crippen molar-refractivity contribution in [2.45, 2.75) is 26.3 Å². The maximum Gasteiger partial charge on any atom is 0.124 e. The van der Waals surface area contributed by atoms with Gasteiger partial charge in [-0.1, -0.05) is 12.1 Å². The first-order chi connectivity index (χ1) is 7.10. The molecule has 0 saturated carbocycles. The minimum Gasteiger partial charge on any atom is -0.496 e. The van der Waals surface area contributed by atoms with Crippen molar-refractivity contribution in [3.63, 3.8) is 0 Å². The van der Waals surface area contributed by atoms with Crippen LogP contribution in [0.2, 0.25) is 0 Å². The third-order valence-electron chi connectivity index (χ3n) is 2.54. The fourth-order valence-electron chi connectivity index (χ4n) is 1.80. The number of ether oxygens (including phenoxy) is 1. The SMILES string of the molecule is COc1c(C)cc([C@H](N)CCF)cc1C. The van der Waals surface area contributed by atoms with Crippen molar-refractivity contribution < 1.29 is 9.13 Å². The van der Waals surface area contributed by atoms with E-state index in [4.69, 9.17) is 10.5 Å². The minimum absolute atomic E-state index is 0.224. The number of aryl methyl sites for hydroxylation is 2. The van der Waals surface area contributed by atoms with E-state index in [0.717, 1.165) is 22.4 Å². The second-order valence-electron chi connectivity index (χ2n) is 3.77. The summed E-state index contributed by atoms with van der Waals surface area (Å²) in [4.78, 5) is 0. The van der Waals surface area contributed by atoms with Crippen molar-refractivity contribution in [2.75, 3.05) is 13.8 Å². The zero-order valence-corrected chi connectivity index (χ0v) is 9.51. The zero-order valence-electron chi connectivity index (χ0n) is 9.51. The van der Waals surface area contributed by atoms with Crippen LogP contribution in [0.25, 0.3) is 0 Å². The number of alkyl halides is 1. The van der Waals surface area contributed by atoms with E-state index in [9.17, 15) is 4.39 Å². The van der Waals surface area contributed by atoms with Gasteiger partial charge in [0.15, 0.2) is 0 Å². The topological polar surface area (TPSA) is 35.2 Å². The molecule has 0 radical (unpaired) electrons. The van der Waals surface area contributed by atoms with Crippen LogP contribution in [0.1, 0.15) is 29.2 Å². The van der Waals surface area contributed by atoms with Crippen LogP contribution < -0.4 is 10.5 Å². The highest BCUT2D eigenvalue weighted by molar-refractivity contribution is 5.44. The molecule has 0 unspecified atom stereocenters. The normalized spacial score (nSPS) is 12.6. The van der Waals surface area contributed by atoms with Gasteiger partial charge in [0.2, 0.25) is 0 Å². The predicted molar refractivity (Wildman–Crippen MR) is 60.0 cm³/mol. The van der Waals surface area contributed by atoms with Crippen LogP contribution in [-0.2, 0) is 0 Å². The van der Waals surface area contributed by atoms with Crippen LogP contribution in [0.5, 0.6) is 5.75 Å². The number of hydrogen-bond donors (Lipinski definition) is 1. The van der Waals surface area contributed by atoms with E-state index in [1.54, 1.807) is 7.11 Å². The Bertz CT molecular complexity index is 315. The van der Waals surface area contributed by atoms with Gasteiger partial charge in [-0.2, -0.15) is 0 Å². The van der Waals surface area contributed by atoms with Crippen molar-refractivity contribution in [1.29, 1.82) is 0 Å². The van der Waals surface area contributed by atoms with Crippen LogP contribution in [-0.4, -0.2) is 13.8 Å². The maximum absolute atomic E-state index is 12.2. The molecule has 1 aromatic carbocycles. The van der Waals surface area contributed by atoms with E-state index in [0.29, 0.717) is 6.42 Å². The van der Waals surface area contributed by atoms with Gasteiger partial charge in [0, 0.05) is 6.04 Å². The second-order valence-corrected chi connectivity index (χ2v) is 3.77. The van der Waals surface area contributed by atoms with Crippen molar-refractivity contribution >= 4 is 0 Å². The lowest BCUT2D eigenvalue weighted by atomic mass is 9.99. The van der Waals surface area contributed by atoms with Crippen molar-refractivity contribution in [3.8, 4) is 5.75 Å². The largest absolute Gasteiger partial charge is 0.496 e. The summed E-state index contributed by atoms with van der Waals surface area (Å²) in [5, 5.41) is 0. The van der Waals surface area contributed by atoms with E-state index in [1.165, 1.54) is 0 Å². The molecule has 0 spiro atoms. The number of nitrogens with two attached hydrogens (primary N) is 1. The van der Waals surface area contributed by atoms with E-state index < -0.39 is 0 Å². The molecule has 3 heteroatoms. The molecule has 0 bridgehead atoms. The van der Waals surface area contributed by atoms with Crippen molar-refractivity contribution in [1.82, 2.24) is 0 Å². The molecular weight excluding hydrogens is 193 g/mol. The number of halogens is 1. The van der Waals surface area contributed by atoms with Gasteiger partial charge in [-0.25, -0.2) is 0 Å². The minimum atomic E-state index is -0.384. The van der Waals surface area contributed by atoms with Gasteiger partial charge in [0.25, 0.3) is 0 Å². The lowest BCUT2D eigenvalue weighted by Gasteiger charge is -2.15. The average Bonchev–Trinajstić information content (AvgIpc) is 2.17. The fraction of sp³-hybridized carbons (Fsp3) is 0.500. The van der Waals surface area contributed by atoms with Gasteiger partial charge >= 0.3 is 0 Å². The van der Waals surface area contributed by atoms with Crippen LogP contribution in [0.15, 0.2) is 12.1 Å². The first-order valence-corrected chi connectivity index (χ1v) is 5.06.